The molecule has 1 atom stereocenters. The largest absolute Gasteiger partial charge is 0.412 e. The molecule has 4 aromatic carbocycles. The zero-order valence-corrected chi connectivity index (χ0v) is 33.5. The SMILES string of the molecule is CCCCN(CCCC)C(=O)c1cc(C)n(-c2ccc(N[SiH2]c3ccc(-c4cc(Cl)cc(Cl)c4)cc3)cc2C(=O)N2Cc3ccccc3CC2CO)n1. The number of hydrogen-bond donors (Lipinski definition) is 2. The molecule has 6 rings (SSSR count). The van der Waals surface area contributed by atoms with Gasteiger partial charge in [-0.15, -0.1) is 0 Å². The topological polar surface area (TPSA) is 90.7 Å². The maximum atomic E-state index is 14.7. The minimum Gasteiger partial charge on any atom is -0.412 e. The van der Waals surface area contributed by atoms with Crippen LogP contribution in [0.3, 0.4) is 0 Å². The van der Waals surface area contributed by atoms with Gasteiger partial charge in [0.05, 0.1) is 23.9 Å². The molecule has 1 aliphatic rings. The molecule has 5 aromatic rings. The van der Waals surface area contributed by atoms with E-state index in [1.165, 1.54) is 5.19 Å². The number of fused-ring (bicyclic) bond motifs is 1. The Balaban J connectivity index is 1.31. The van der Waals surface area contributed by atoms with E-state index in [1.54, 1.807) is 15.6 Å². The van der Waals surface area contributed by atoms with Gasteiger partial charge in [-0.3, -0.25) is 9.59 Å². The number of aliphatic hydroxyl groups excluding tert-OH is 1. The first kappa shape index (κ1) is 38.3. The minimum absolute atomic E-state index is 0.0941. The normalized spacial score (nSPS) is 14.1. The van der Waals surface area contributed by atoms with Gasteiger partial charge in [0.25, 0.3) is 11.8 Å². The highest BCUT2D eigenvalue weighted by Crippen LogP contribution is 2.30. The van der Waals surface area contributed by atoms with Crippen molar-refractivity contribution in [3.05, 3.63) is 129 Å². The summed E-state index contributed by atoms with van der Waals surface area (Å²) in [5.41, 5.74) is 7.18. The summed E-state index contributed by atoms with van der Waals surface area (Å²) in [4.78, 5) is 35.7. The second-order valence-electron chi connectivity index (χ2n) is 13.8. The second kappa shape index (κ2) is 17.6. The van der Waals surface area contributed by atoms with Crippen LogP contribution in [0.4, 0.5) is 5.69 Å². The quantitative estimate of drug-likeness (QED) is 0.114. The standard InChI is InChI=1S/C42H47Cl2N5O3Si/c1-4-6-18-47(19-7-5-2)42(52)39-20-28(3)49(45-39)40-17-14-35(46-53-37-15-12-29(13-16-37)32-21-33(43)24-34(44)22-32)25-38(40)41(51)48-26-31-11-9-8-10-30(31)23-36(48)27-50/h8-17,20-22,24-25,36,46,50H,4-7,18-19,23,26-27,53H2,1-3H3. The molecule has 0 spiro atoms. The van der Waals surface area contributed by atoms with E-state index in [1.807, 2.05) is 66.4 Å². The first-order valence-electron chi connectivity index (χ1n) is 18.5. The molecule has 0 fully saturated rings. The van der Waals surface area contributed by atoms with Gasteiger partial charge in [-0.05, 0) is 96.1 Å². The maximum Gasteiger partial charge on any atom is 0.274 e. The third kappa shape index (κ3) is 9.04. The molecule has 53 heavy (non-hydrogen) atoms. The number of unbranched alkanes of at least 4 members (excludes halogenated alkanes) is 2. The van der Waals surface area contributed by atoms with Crippen LogP contribution in [0.25, 0.3) is 16.8 Å². The number of aryl methyl sites for hydroxylation is 1. The molecule has 2 amide bonds. The van der Waals surface area contributed by atoms with Crippen LogP contribution in [0.5, 0.6) is 0 Å². The van der Waals surface area contributed by atoms with E-state index < -0.39 is 9.68 Å². The van der Waals surface area contributed by atoms with Crippen molar-refractivity contribution in [2.24, 2.45) is 0 Å². The fraction of sp³-hybridized carbons (Fsp3) is 0.310. The van der Waals surface area contributed by atoms with Gasteiger partial charge in [0, 0.05) is 41.1 Å². The van der Waals surface area contributed by atoms with Gasteiger partial charge < -0.3 is 19.9 Å². The molecule has 0 bridgehead atoms. The van der Waals surface area contributed by atoms with Crippen LogP contribution in [-0.4, -0.2) is 71.9 Å². The van der Waals surface area contributed by atoms with Crippen molar-refractivity contribution in [2.45, 2.75) is 65.5 Å². The zero-order chi connectivity index (χ0) is 37.5. The number of carbonyl (C=O) groups is 2. The Morgan fingerprint density at radius 1 is 0.887 bits per heavy atom. The third-order valence-electron chi connectivity index (χ3n) is 9.89. The molecule has 8 nitrogen and oxygen atoms in total. The Kier molecular flexibility index (Phi) is 12.7. The predicted molar refractivity (Wildman–Crippen MR) is 219 cm³/mol. The summed E-state index contributed by atoms with van der Waals surface area (Å²) >= 11 is 12.5. The number of nitrogens with one attached hydrogen (secondary N) is 1. The number of hydrogen-bond acceptors (Lipinski definition) is 5. The second-order valence-corrected chi connectivity index (χ2v) is 16.2. The number of aliphatic hydroxyl groups is 1. The van der Waals surface area contributed by atoms with Gasteiger partial charge in [-0.1, -0.05) is 98.4 Å². The summed E-state index contributed by atoms with van der Waals surface area (Å²) in [6, 6.07) is 29.1. The Labute approximate surface area is 324 Å². The van der Waals surface area contributed by atoms with Crippen LogP contribution in [-0.2, 0) is 13.0 Å². The summed E-state index contributed by atoms with van der Waals surface area (Å²) < 4.78 is 1.71. The number of carbonyl (C=O) groups excluding carboxylic acids is 2. The lowest BCUT2D eigenvalue weighted by Crippen LogP contribution is -2.46. The highest BCUT2D eigenvalue weighted by molar-refractivity contribution is 6.57. The molecular formula is C42H47Cl2N5O3Si. The van der Waals surface area contributed by atoms with Gasteiger partial charge in [0.2, 0.25) is 0 Å². The van der Waals surface area contributed by atoms with Gasteiger partial charge >= 0.3 is 0 Å². The molecule has 11 heteroatoms. The highest BCUT2D eigenvalue weighted by atomic mass is 35.5. The number of rotatable bonds is 14. The average Bonchev–Trinajstić information content (AvgIpc) is 3.56. The number of benzene rings is 4. The molecule has 0 radical (unpaired) electrons. The molecule has 0 aliphatic carbocycles. The Morgan fingerprint density at radius 2 is 1.57 bits per heavy atom. The van der Waals surface area contributed by atoms with E-state index in [0.29, 0.717) is 53.0 Å². The lowest BCUT2D eigenvalue weighted by atomic mass is 9.93. The molecule has 1 aliphatic heterocycles. The average molecular weight is 769 g/mol. The third-order valence-corrected chi connectivity index (χ3v) is 11.8. The van der Waals surface area contributed by atoms with Crippen molar-refractivity contribution in [2.75, 3.05) is 24.7 Å². The van der Waals surface area contributed by atoms with Crippen molar-refractivity contribution in [3.63, 3.8) is 0 Å². The molecule has 2 N–H and O–H groups in total. The molecule has 0 saturated heterocycles. The van der Waals surface area contributed by atoms with E-state index in [0.717, 1.165) is 59.3 Å². The molecule has 1 unspecified atom stereocenters. The van der Waals surface area contributed by atoms with Gasteiger partial charge in [-0.2, -0.15) is 5.10 Å². The number of halogens is 2. The van der Waals surface area contributed by atoms with Crippen LogP contribution in [0.15, 0.2) is 91.0 Å². The number of nitrogens with zero attached hydrogens (tertiary/aromatic N) is 4. The van der Waals surface area contributed by atoms with Gasteiger partial charge in [0.1, 0.15) is 0 Å². The van der Waals surface area contributed by atoms with Gasteiger partial charge in [-0.25, -0.2) is 4.68 Å². The van der Waals surface area contributed by atoms with E-state index >= 15 is 0 Å². The van der Waals surface area contributed by atoms with Crippen LogP contribution in [0.1, 0.15) is 77.2 Å². The predicted octanol–water partition coefficient (Wildman–Crippen LogP) is 7.58. The number of anilines is 1. The van der Waals surface area contributed by atoms with Crippen LogP contribution < -0.4 is 10.2 Å². The first-order chi connectivity index (χ1) is 25.7. The highest BCUT2D eigenvalue weighted by Gasteiger charge is 2.32. The Hall–Kier alpha value is -4.41. The molecule has 2 heterocycles. The summed E-state index contributed by atoms with van der Waals surface area (Å²) in [6.07, 6.45) is 4.42. The van der Waals surface area contributed by atoms with Crippen molar-refractivity contribution < 1.29 is 14.7 Å². The zero-order valence-electron chi connectivity index (χ0n) is 30.6. The smallest absolute Gasteiger partial charge is 0.274 e. The van der Waals surface area contributed by atoms with E-state index in [9.17, 15) is 14.7 Å². The van der Waals surface area contributed by atoms with E-state index in [-0.39, 0.29) is 24.5 Å². The van der Waals surface area contributed by atoms with Crippen molar-refractivity contribution in [3.8, 4) is 16.8 Å². The monoisotopic (exact) mass is 767 g/mol. The molecule has 0 saturated carbocycles. The van der Waals surface area contributed by atoms with Gasteiger partial charge in [0.15, 0.2) is 15.4 Å². The summed E-state index contributed by atoms with van der Waals surface area (Å²) in [5, 5.41) is 17.7. The van der Waals surface area contributed by atoms with Crippen molar-refractivity contribution >= 4 is 55.6 Å². The Bertz CT molecular complexity index is 2040. The Morgan fingerprint density at radius 3 is 2.23 bits per heavy atom. The number of aromatic nitrogens is 2. The van der Waals surface area contributed by atoms with E-state index in [4.69, 9.17) is 28.3 Å². The minimum atomic E-state index is -0.992. The van der Waals surface area contributed by atoms with Crippen LogP contribution in [0, 0.1) is 6.92 Å². The summed E-state index contributed by atoms with van der Waals surface area (Å²) in [5.74, 6) is -0.290. The lowest BCUT2D eigenvalue weighted by Gasteiger charge is -2.36. The molecule has 276 valence electrons. The van der Waals surface area contributed by atoms with Crippen molar-refractivity contribution in [1.29, 1.82) is 0 Å². The lowest BCUT2D eigenvalue weighted by molar-refractivity contribution is 0.0544. The van der Waals surface area contributed by atoms with Crippen LogP contribution in [0.2, 0.25) is 10.0 Å². The first-order valence-corrected chi connectivity index (χ1v) is 20.6. The van der Waals surface area contributed by atoms with Crippen LogP contribution >= 0.6 is 23.2 Å². The summed E-state index contributed by atoms with van der Waals surface area (Å²) in [7, 11) is -0.992. The molecule has 1 aromatic heterocycles. The maximum absolute atomic E-state index is 14.7. The molecular weight excluding hydrogens is 721 g/mol. The fourth-order valence-electron chi connectivity index (χ4n) is 6.88. The number of amides is 2. The van der Waals surface area contributed by atoms with E-state index in [2.05, 4.69) is 49.2 Å². The van der Waals surface area contributed by atoms with Crippen molar-refractivity contribution in [1.82, 2.24) is 19.6 Å². The fourth-order valence-corrected chi connectivity index (χ4v) is 8.51. The summed E-state index contributed by atoms with van der Waals surface area (Å²) in [6.45, 7) is 7.77.